The number of rotatable bonds is 16. The highest BCUT2D eigenvalue weighted by molar-refractivity contribution is 5.88. The number of carbonyl (C=O) groups is 1. The normalized spacial score (nSPS) is 46.2. The molecule has 5 aliphatic heterocycles. The number of hydrogen-bond acceptors (Lipinski definition) is 21. The van der Waals surface area contributed by atoms with E-state index in [2.05, 4.69) is 0 Å². The topological polar surface area (TPSA) is 279 Å². The molecular formula is C59H98O21. The van der Waals surface area contributed by atoms with Crippen molar-refractivity contribution in [1.29, 1.82) is 0 Å². The van der Waals surface area contributed by atoms with Crippen LogP contribution in [0.3, 0.4) is 0 Å². The van der Waals surface area contributed by atoms with E-state index in [1.807, 2.05) is 65.0 Å². The molecule has 21 heteroatoms. The average molecular weight is 1140 g/mol. The Bertz CT molecular complexity index is 2100. The van der Waals surface area contributed by atoms with Gasteiger partial charge in [0.1, 0.15) is 42.7 Å². The predicted molar refractivity (Wildman–Crippen MR) is 292 cm³/mol. The molecule has 80 heavy (non-hydrogen) atoms. The number of allylic oxidation sites excluding steroid dienone is 7. The number of ether oxygens (including phenoxy) is 13. The lowest BCUT2D eigenvalue weighted by atomic mass is 9.76. The van der Waals surface area contributed by atoms with Gasteiger partial charge in [-0.25, -0.2) is 4.79 Å². The van der Waals surface area contributed by atoms with Gasteiger partial charge < -0.3 is 97.3 Å². The zero-order chi connectivity index (χ0) is 59.6. The van der Waals surface area contributed by atoms with Crippen molar-refractivity contribution in [2.75, 3.05) is 42.2 Å². The predicted octanol–water partition coefficient (Wildman–Crippen LogP) is 4.24. The molecule has 4 saturated heterocycles. The van der Waals surface area contributed by atoms with E-state index in [4.69, 9.17) is 61.6 Å². The quantitative estimate of drug-likeness (QED) is 0.106. The van der Waals surface area contributed by atoms with Gasteiger partial charge in [0.15, 0.2) is 18.9 Å². The van der Waals surface area contributed by atoms with E-state index in [-0.39, 0.29) is 50.2 Å². The highest BCUT2D eigenvalue weighted by Crippen LogP contribution is 2.45. The van der Waals surface area contributed by atoms with Gasteiger partial charge >= 0.3 is 5.97 Å². The third kappa shape index (κ3) is 17.1. The molecule has 5 aliphatic rings. The van der Waals surface area contributed by atoms with Crippen molar-refractivity contribution in [3.8, 4) is 0 Å². The Hall–Kier alpha value is -2.59. The van der Waals surface area contributed by atoms with Crippen molar-refractivity contribution in [2.45, 2.75) is 249 Å². The molecule has 1 unspecified atom stereocenters. The molecule has 4 fully saturated rings. The van der Waals surface area contributed by atoms with Crippen LogP contribution in [0.1, 0.15) is 115 Å². The maximum absolute atomic E-state index is 14.3. The zero-order valence-electron chi connectivity index (χ0n) is 50.0. The van der Waals surface area contributed by atoms with Crippen LogP contribution in [0.25, 0.3) is 0 Å². The molecule has 0 saturated carbocycles. The van der Waals surface area contributed by atoms with Crippen LogP contribution in [0.2, 0.25) is 0 Å². The van der Waals surface area contributed by atoms with Crippen molar-refractivity contribution in [2.24, 2.45) is 17.8 Å². The molecule has 7 N–H and O–H groups in total. The van der Waals surface area contributed by atoms with E-state index < -0.39 is 152 Å². The van der Waals surface area contributed by atoms with Crippen molar-refractivity contribution in [3.05, 3.63) is 58.7 Å². The van der Waals surface area contributed by atoms with Gasteiger partial charge in [-0.1, -0.05) is 67.9 Å². The van der Waals surface area contributed by atoms with E-state index in [1.54, 1.807) is 47.6 Å². The fraction of sp³-hybridized carbons (Fsp3) is 0.814. The summed E-state index contributed by atoms with van der Waals surface area (Å²) in [4.78, 5) is 14.3. The molecule has 0 spiro atoms. The molecule has 5 heterocycles. The van der Waals surface area contributed by atoms with Gasteiger partial charge in [0.05, 0.1) is 73.2 Å². The van der Waals surface area contributed by atoms with Crippen LogP contribution >= 0.6 is 0 Å². The monoisotopic (exact) mass is 1140 g/mol. The van der Waals surface area contributed by atoms with Gasteiger partial charge in [-0.15, -0.1) is 0 Å². The second-order valence-electron chi connectivity index (χ2n) is 23.2. The number of methoxy groups -OCH3 is 5. The zero-order valence-corrected chi connectivity index (χ0v) is 50.0. The Labute approximate surface area is 474 Å². The molecular weight excluding hydrogens is 1040 g/mol. The van der Waals surface area contributed by atoms with E-state index in [9.17, 15) is 40.5 Å². The van der Waals surface area contributed by atoms with E-state index in [0.29, 0.717) is 12.0 Å². The molecule has 0 amide bonds. The van der Waals surface area contributed by atoms with Gasteiger partial charge in [-0.3, -0.25) is 0 Å². The van der Waals surface area contributed by atoms with Crippen LogP contribution in [0.5, 0.6) is 0 Å². The third-order valence-electron chi connectivity index (χ3n) is 16.7. The first-order chi connectivity index (χ1) is 37.6. The number of carbonyl (C=O) groups excluding carboxylic acids is 1. The summed E-state index contributed by atoms with van der Waals surface area (Å²) in [6.07, 6.45) is -6.94. The highest BCUT2D eigenvalue weighted by Gasteiger charge is 2.59. The van der Waals surface area contributed by atoms with Crippen LogP contribution in [-0.4, -0.2) is 218 Å². The maximum Gasteiger partial charge on any atom is 0.334 e. The minimum absolute atomic E-state index is 0.00454. The molecule has 21 nitrogen and oxygen atoms in total. The summed E-state index contributed by atoms with van der Waals surface area (Å²) < 4.78 is 79.1. The summed E-state index contributed by atoms with van der Waals surface area (Å²) in [6, 6.07) is 0. The lowest BCUT2D eigenvalue weighted by molar-refractivity contribution is -0.374. The summed E-state index contributed by atoms with van der Waals surface area (Å²) in [7, 11) is 7.22. The molecule has 0 aromatic heterocycles. The highest BCUT2D eigenvalue weighted by atomic mass is 16.7. The fourth-order valence-corrected chi connectivity index (χ4v) is 11.9. The van der Waals surface area contributed by atoms with Crippen molar-refractivity contribution < 1.29 is 102 Å². The molecule has 460 valence electrons. The number of esters is 1. The van der Waals surface area contributed by atoms with Gasteiger partial charge in [-0.05, 0) is 74.3 Å². The molecule has 5 rings (SSSR count). The summed E-state index contributed by atoms with van der Waals surface area (Å²) in [5, 5.41) is 80.7. The van der Waals surface area contributed by atoms with E-state index in [0.717, 1.165) is 11.1 Å². The fourth-order valence-electron chi connectivity index (χ4n) is 11.9. The number of cyclic esters (lactones) is 1. The average Bonchev–Trinajstić information content (AvgIpc) is 3.52. The summed E-state index contributed by atoms with van der Waals surface area (Å²) in [5.41, 5.74) is 1.11. The summed E-state index contributed by atoms with van der Waals surface area (Å²) in [5.74, 6) is -4.51. The molecule has 0 bridgehead atoms. The van der Waals surface area contributed by atoms with Crippen LogP contribution in [0.15, 0.2) is 58.7 Å². The summed E-state index contributed by atoms with van der Waals surface area (Å²) in [6.45, 7) is 19.6. The number of aliphatic hydroxyl groups excluding tert-OH is 6. The first-order valence-corrected chi connectivity index (χ1v) is 28.3. The first kappa shape index (κ1) is 68.2. The molecule has 0 aromatic carbocycles. The van der Waals surface area contributed by atoms with Gasteiger partial charge in [0, 0.05) is 84.6 Å². The van der Waals surface area contributed by atoms with Crippen LogP contribution in [0, 0.1) is 17.8 Å². The Morgan fingerprint density at radius 1 is 0.750 bits per heavy atom. The summed E-state index contributed by atoms with van der Waals surface area (Å²) >= 11 is 0. The van der Waals surface area contributed by atoms with Crippen LogP contribution in [0.4, 0.5) is 0 Å². The standard InChI is InChI=1S/C59H98O21/c1-30-18-17-19-41(60)44(69-13)26-46(77-56(66)34(5)24-32(3)22-31(2)23-33(4)42(21-20-30)78-57-52(64)51(63)53(71-15)38(9)75-57)54(65)59(72-16)36(7)49(61)35(6)43(80-59)25-40(29-68-12)76-48-28-58(11,67)55(39(10)74-48)79-47-27-45(70-14)50(62)37(8)73-47/h18,20-24,33,35-55,57,60-65,67H,17,19,25-29H2,1-16H3/b21-20+,30-18+,31-23+,32-22+,34-24+/t33-,35+,36-,37-,38+,39+,40-,41+,42?,43-,44+,45-,46+,47+,48+,49+,50-,51+,52+,53+,54-,55+,57+,58+,59-/m1/s1. The Balaban J connectivity index is 1.39. The maximum atomic E-state index is 14.3. The SMILES string of the molecule is COC[C@@H](C[C@H]1O[C@@](OC)([C@H](O)[C@@H]2C[C@H](OC)[C@@H](O)CC/C=C(C)/C=C/C(O[C@@H]3O[C@@H](C)[C@H](OC)[C@@H](O)[C@@H]3O)[C@H](C)/C=C(C)/C=C(C)/C=C(\C)C(=O)O2)[C@H](C)[C@@H](O)[C@H]1C)O[C@H]1C[C@](C)(O)[C@@H](O[C@H]2C[C@@H](OC)[C@H](O)[C@@H](C)O2)[C@H](C)O1. The Morgan fingerprint density at radius 3 is 2.05 bits per heavy atom. The first-order valence-electron chi connectivity index (χ1n) is 28.3. The minimum atomic E-state index is -2.00. The van der Waals surface area contributed by atoms with Crippen molar-refractivity contribution >= 4 is 5.97 Å². The second kappa shape index (κ2) is 30.5. The molecule has 0 radical (unpaired) electrons. The van der Waals surface area contributed by atoms with Crippen LogP contribution in [-0.2, 0) is 66.4 Å². The molecule has 25 atom stereocenters. The second-order valence-corrected chi connectivity index (χ2v) is 23.2. The third-order valence-corrected chi connectivity index (χ3v) is 16.7. The Morgan fingerprint density at radius 2 is 1.43 bits per heavy atom. The number of hydrogen-bond donors (Lipinski definition) is 7. The van der Waals surface area contributed by atoms with Crippen molar-refractivity contribution in [1.82, 2.24) is 0 Å². The van der Waals surface area contributed by atoms with Crippen molar-refractivity contribution in [3.63, 3.8) is 0 Å². The van der Waals surface area contributed by atoms with Crippen LogP contribution < -0.4 is 0 Å². The van der Waals surface area contributed by atoms with E-state index >= 15 is 0 Å². The van der Waals surface area contributed by atoms with Gasteiger partial charge in [0.25, 0.3) is 0 Å². The Kier molecular flexibility index (Phi) is 26.0. The van der Waals surface area contributed by atoms with Gasteiger partial charge in [0.2, 0.25) is 5.79 Å². The smallest absolute Gasteiger partial charge is 0.334 e. The lowest BCUT2D eigenvalue weighted by Gasteiger charge is -2.53. The molecule has 0 aliphatic carbocycles. The van der Waals surface area contributed by atoms with E-state index in [1.165, 1.54) is 35.5 Å². The van der Waals surface area contributed by atoms with Gasteiger partial charge in [-0.2, -0.15) is 0 Å². The lowest BCUT2D eigenvalue weighted by Crippen LogP contribution is -2.66. The number of aliphatic hydroxyl groups is 7. The molecule has 0 aromatic rings. The minimum Gasteiger partial charge on any atom is -0.456 e. The largest absolute Gasteiger partial charge is 0.456 e.